The molecule has 0 radical (unpaired) electrons. The van der Waals surface area contributed by atoms with E-state index in [0.29, 0.717) is 5.92 Å². The van der Waals surface area contributed by atoms with Gasteiger partial charge < -0.3 is 5.32 Å². The van der Waals surface area contributed by atoms with Crippen LogP contribution in [0.3, 0.4) is 0 Å². The van der Waals surface area contributed by atoms with E-state index in [1.807, 2.05) is 6.92 Å². The zero-order valence-electron chi connectivity index (χ0n) is 7.90. The summed E-state index contributed by atoms with van der Waals surface area (Å²) in [6, 6.07) is 0. The summed E-state index contributed by atoms with van der Waals surface area (Å²) < 4.78 is 0. The summed E-state index contributed by atoms with van der Waals surface area (Å²) in [7, 11) is 0. The van der Waals surface area contributed by atoms with Gasteiger partial charge in [0.05, 0.1) is 6.54 Å². The number of hydrogen-bond acceptors (Lipinski definition) is 4. The third-order valence-corrected chi connectivity index (χ3v) is 2.46. The van der Waals surface area contributed by atoms with Crippen molar-refractivity contribution in [1.29, 1.82) is 0 Å². The SMILES string of the molecule is CCn1nnc(C2CCNCC2)n1. The second-order valence-electron chi connectivity index (χ2n) is 3.36. The minimum atomic E-state index is 0.515. The molecule has 2 heterocycles. The van der Waals surface area contributed by atoms with Crippen molar-refractivity contribution in [3.05, 3.63) is 5.82 Å². The van der Waals surface area contributed by atoms with Gasteiger partial charge >= 0.3 is 0 Å². The molecule has 0 amide bonds. The Balaban J connectivity index is 2.05. The Morgan fingerprint density at radius 1 is 1.46 bits per heavy atom. The standard InChI is InChI=1S/C8H15N5/c1-2-13-11-8(10-12-13)7-3-5-9-6-4-7/h7,9H,2-6H2,1H3. The zero-order chi connectivity index (χ0) is 9.10. The van der Waals surface area contributed by atoms with Crippen LogP contribution in [0.5, 0.6) is 0 Å². The molecule has 1 aromatic rings. The summed E-state index contributed by atoms with van der Waals surface area (Å²) in [5.41, 5.74) is 0. The average molecular weight is 181 g/mol. The van der Waals surface area contributed by atoms with Crippen LogP contribution in [0, 0.1) is 0 Å². The molecule has 5 nitrogen and oxygen atoms in total. The van der Waals surface area contributed by atoms with Gasteiger partial charge in [0.25, 0.3) is 0 Å². The minimum absolute atomic E-state index is 0.515. The number of rotatable bonds is 2. The summed E-state index contributed by atoms with van der Waals surface area (Å²) in [6.45, 7) is 4.97. The molecule has 1 aromatic heterocycles. The van der Waals surface area contributed by atoms with E-state index in [1.165, 1.54) is 0 Å². The van der Waals surface area contributed by atoms with Crippen LogP contribution in [0.1, 0.15) is 31.5 Å². The van der Waals surface area contributed by atoms with E-state index < -0.39 is 0 Å². The molecular weight excluding hydrogens is 166 g/mol. The molecule has 0 aliphatic carbocycles. The molecule has 72 valence electrons. The predicted octanol–water partition coefficient (Wildman–Crippen LogP) is 0.160. The molecule has 5 heteroatoms. The number of piperidine rings is 1. The summed E-state index contributed by atoms with van der Waals surface area (Å²) in [4.78, 5) is 1.65. The van der Waals surface area contributed by atoms with Gasteiger partial charge in [-0.25, -0.2) is 0 Å². The van der Waals surface area contributed by atoms with E-state index in [1.54, 1.807) is 4.80 Å². The monoisotopic (exact) mass is 181 g/mol. The summed E-state index contributed by atoms with van der Waals surface area (Å²) in [6.07, 6.45) is 2.27. The Bertz CT molecular complexity index is 263. The van der Waals surface area contributed by atoms with Gasteiger partial charge in [0.1, 0.15) is 0 Å². The second-order valence-corrected chi connectivity index (χ2v) is 3.36. The Morgan fingerprint density at radius 2 is 2.23 bits per heavy atom. The van der Waals surface area contributed by atoms with Crippen molar-refractivity contribution in [2.45, 2.75) is 32.2 Å². The van der Waals surface area contributed by atoms with Crippen LogP contribution in [-0.2, 0) is 6.54 Å². The lowest BCUT2D eigenvalue weighted by Crippen LogP contribution is -2.27. The molecular formula is C8H15N5. The van der Waals surface area contributed by atoms with Gasteiger partial charge in [-0.15, -0.1) is 10.2 Å². The quantitative estimate of drug-likeness (QED) is 0.706. The zero-order valence-corrected chi connectivity index (χ0v) is 7.90. The smallest absolute Gasteiger partial charge is 0.177 e. The van der Waals surface area contributed by atoms with Crippen LogP contribution >= 0.6 is 0 Å². The van der Waals surface area contributed by atoms with Gasteiger partial charge in [0.2, 0.25) is 0 Å². The number of nitrogens with zero attached hydrogens (tertiary/aromatic N) is 4. The third kappa shape index (κ3) is 1.85. The van der Waals surface area contributed by atoms with Gasteiger partial charge in [-0.2, -0.15) is 4.80 Å². The van der Waals surface area contributed by atoms with Crippen molar-refractivity contribution in [2.24, 2.45) is 0 Å². The van der Waals surface area contributed by atoms with Crippen LogP contribution in [-0.4, -0.2) is 33.3 Å². The molecule has 13 heavy (non-hydrogen) atoms. The molecule has 2 rings (SSSR count). The van der Waals surface area contributed by atoms with Crippen LogP contribution in [0.4, 0.5) is 0 Å². The Morgan fingerprint density at radius 3 is 2.85 bits per heavy atom. The van der Waals surface area contributed by atoms with Crippen molar-refractivity contribution in [3.63, 3.8) is 0 Å². The lowest BCUT2D eigenvalue weighted by atomic mass is 9.98. The van der Waals surface area contributed by atoms with E-state index in [9.17, 15) is 0 Å². The topological polar surface area (TPSA) is 55.6 Å². The van der Waals surface area contributed by atoms with Crippen molar-refractivity contribution in [2.75, 3.05) is 13.1 Å². The van der Waals surface area contributed by atoms with Crippen molar-refractivity contribution >= 4 is 0 Å². The maximum absolute atomic E-state index is 4.32. The number of hydrogen-bond donors (Lipinski definition) is 1. The first-order valence-electron chi connectivity index (χ1n) is 4.88. The van der Waals surface area contributed by atoms with Crippen LogP contribution < -0.4 is 5.32 Å². The normalized spacial score (nSPS) is 19.2. The number of tetrazole rings is 1. The molecule has 1 saturated heterocycles. The van der Waals surface area contributed by atoms with Gasteiger partial charge in [-0.05, 0) is 38.1 Å². The van der Waals surface area contributed by atoms with E-state index in [4.69, 9.17) is 0 Å². The van der Waals surface area contributed by atoms with Crippen LogP contribution in [0.2, 0.25) is 0 Å². The molecule has 0 saturated carbocycles. The molecule has 0 bridgehead atoms. The first-order chi connectivity index (χ1) is 6.40. The first kappa shape index (κ1) is 8.62. The molecule has 1 aliphatic heterocycles. The highest BCUT2D eigenvalue weighted by Crippen LogP contribution is 2.20. The molecule has 0 unspecified atom stereocenters. The maximum Gasteiger partial charge on any atom is 0.177 e. The Hall–Kier alpha value is -0.970. The van der Waals surface area contributed by atoms with Crippen molar-refractivity contribution < 1.29 is 0 Å². The summed E-state index contributed by atoms with van der Waals surface area (Å²) in [5.74, 6) is 1.44. The van der Waals surface area contributed by atoms with Gasteiger partial charge in [0, 0.05) is 5.92 Å². The van der Waals surface area contributed by atoms with Crippen molar-refractivity contribution in [1.82, 2.24) is 25.5 Å². The summed E-state index contributed by atoms with van der Waals surface area (Å²) >= 11 is 0. The number of aryl methyl sites for hydroxylation is 1. The molecule has 0 aromatic carbocycles. The molecule has 1 fully saturated rings. The molecule has 1 N–H and O–H groups in total. The highest BCUT2D eigenvalue weighted by atomic mass is 15.6. The number of aromatic nitrogens is 4. The fourth-order valence-electron chi connectivity index (χ4n) is 1.63. The van der Waals surface area contributed by atoms with E-state index in [-0.39, 0.29) is 0 Å². The highest BCUT2D eigenvalue weighted by molar-refractivity contribution is 4.93. The first-order valence-corrected chi connectivity index (χ1v) is 4.88. The second kappa shape index (κ2) is 3.83. The van der Waals surface area contributed by atoms with Crippen LogP contribution in [0.25, 0.3) is 0 Å². The van der Waals surface area contributed by atoms with E-state index in [0.717, 1.165) is 38.3 Å². The summed E-state index contributed by atoms with van der Waals surface area (Å²) in [5, 5.41) is 15.7. The van der Waals surface area contributed by atoms with Crippen molar-refractivity contribution in [3.8, 4) is 0 Å². The lowest BCUT2D eigenvalue weighted by Gasteiger charge is -2.18. The van der Waals surface area contributed by atoms with Gasteiger partial charge in [-0.3, -0.25) is 0 Å². The van der Waals surface area contributed by atoms with Gasteiger partial charge in [-0.1, -0.05) is 0 Å². The lowest BCUT2D eigenvalue weighted by molar-refractivity contribution is 0.442. The minimum Gasteiger partial charge on any atom is -0.317 e. The van der Waals surface area contributed by atoms with E-state index >= 15 is 0 Å². The fraction of sp³-hybridized carbons (Fsp3) is 0.875. The molecule has 0 atom stereocenters. The van der Waals surface area contributed by atoms with Gasteiger partial charge in [0.15, 0.2) is 5.82 Å². The maximum atomic E-state index is 4.32. The largest absolute Gasteiger partial charge is 0.317 e. The average Bonchev–Trinajstić information content (AvgIpc) is 2.67. The highest BCUT2D eigenvalue weighted by Gasteiger charge is 2.19. The molecule has 0 spiro atoms. The Kier molecular flexibility index (Phi) is 2.54. The van der Waals surface area contributed by atoms with E-state index in [2.05, 4.69) is 20.7 Å². The third-order valence-electron chi connectivity index (χ3n) is 2.46. The Labute approximate surface area is 77.5 Å². The number of nitrogens with one attached hydrogen (secondary N) is 1. The predicted molar refractivity (Wildman–Crippen MR) is 48.3 cm³/mol. The fourth-order valence-corrected chi connectivity index (χ4v) is 1.63. The molecule has 1 aliphatic rings. The van der Waals surface area contributed by atoms with Crippen LogP contribution in [0.15, 0.2) is 0 Å².